The molecule has 1 saturated heterocycles. The fraction of sp³-hybridized carbons (Fsp3) is 0.312. The Hall–Kier alpha value is -2.43. The van der Waals surface area contributed by atoms with Gasteiger partial charge in [0, 0.05) is 11.4 Å². The van der Waals surface area contributed by atoms with E-state index in [1.165, 1.54) is 4.90 Å². The largest absolute Gasteiger partial charge is 0.372 e. The van der Waals surface area contributed by atoms with Gasteiger partial charge in [0.15, 0.2) is 0 Å². The molecule has 0 spiro atoms. The van der Waals surface area contributed by atoms with Gasteiger partial charge in [-0.1, -0.05) is 18.2 Å². The molecule has 0 aliphatic carbocycles. The summed E-state index contributed by atoms with van der Waals surface area (Å²) in [5.41, 5.74) is 1.66. The number of benzene rings is 1. The first kappa shape index (κ1) is 13.5. The minimum atomic E-state index is -0.497. The van der Waals surface area contributed by atoms with Crippen LogP contribution < -0.4 is 5.32 Å². The van der Waals surface area contributed by atoms with Gasteiger partial charge in [-0.15, -0.1) is 0 Å². The topological polar surface area (TPSA) is 62.3 Å². The summed E-state index contributed by atoms with van der Waals surface area (Å²) in [6.45, 7) is 3.69. The van der Waals surface area contributed by atoms with E-state index in [9.17, 15) is 9.59 Å². The van der Waals surface area contributed by atoms with Crippen LogP contribution in [0.2, 0.25) is 0 Å². The van der Waals surface area contributed by atoms with Crippen molar-refractivity contribution in [3.05, 3.63) is 36.5 Å². The number of para-hydroxylation sites is 1. The number of amides is 2. The van der Waals surface area contributed by atoms with Crippen LogP contribution in [0.5, 0.6) is 0 Å². The molecule has 5 heteroatoms. The van der Waals surface area contributed by atoms with Crippen LogP contribution in [0.1, 0.15) is 20.3 Å². The fourth-order valence-electron chi connectivity index (χ4n) is 2.66. The summed E-state index contributed by atoms with van der Waals surface area (Å²) in [7, 11) is 0. The van der Waals surface area contributed by atoms with Crippen molar-refractivity contribution >= 4 is 28.4 Å². The summed E-state index contributed by atoms with van der Waals surface area (Å²) in [5.74, 6) is -0.288. The van der Waals surface area contributed by atoms with Gasteiger partial charge in [-0.05, 0) is 26.0 Å². The average Bonchev–Trinajstić information content (AvgIpc) is 2.73. The number of hydrogen-bond donors (Lipinski definition) is 1. The highest BCUT2D eigenvalue weighted by molar-refractivity contribution is 6.07. The molecular formula is C16H17N3O2. The summed E-state index contributed by atoms with van der Waals surface area (Å²) in [4.78, 5) is 29.8. The Kier molecular flexibility index (Phi) is 3.33. The van der Waals surface area contributed by atoms with Crippen molar-refractivity contribution in [3.63, 3.8) is 0 Å². The Labute approximate surface area is 123 Å². The third-order valence-electron chi connectivity index (χ3n) is 3.63. The Morgan fingerprint density at radius 2 is 2.05 bits per heavy atom. The zero-order valence-corrected chi connectivity index (χ0v) is 12.0. The Balaban J connectivity index is 1.82. The first-order valence-electron chi connectivity index (χ1n) is 7.03. The lowest BCUT2D eigenvalue weighted by atomic mass is 10.2. The molecule has 2 aromatic rings. The number of nitrogens with zero attached hydrogens (tertiary/aromatic N) is 2. The summed E-state index contributed by atoms with van der Waals surface area (Å²) in [5, 5.41) is 4.12. The van der Waals surface area contributed by atoms with E-state index in [-0.39, 0.29) is 24.3 Å². The number of fused-ring (bicyclic) bond motifs is 1. The molecule has 5 nitrogen and oxygen atoms in total. The molecule has 1 fully saturated rings. The first-order valence-corrected chi connectivity index (χ1v) is 7.03. The number of imide groups is 1. The molecule has 0 radical (unpaired) electrons. The number of nitrogens with one attached hydrogen (secondary N) is 1. The van der Waals surface area contributed by atoms with Gasteiger partial charge in [-0.3, -0.25) is 19.5 Å². The van der Waals surface area contributed by atoms with Crippen LogP contribution in [0, 0.1) is 0 Å². The highest BCUT2D eigenvalue weighted by atomic mass is 16.2. The van der Waals surface area contributed by atoms with Crippen LogP contribution in [0.25, 0.3) is 10.9 Å². The first-order chi connectivity index (χ1) is 10.1. The second kappa shape index (κ2) is 5.16. The van der Waals surface area contributed by atoms with E-state index in [2.05, 4.69) is 10.3 Å². The molecule has 1 atom stereocenters. The molecule has 3 rings (SSSR count). The van der Waals surface area contributed by atoms with Crippen LogP contribution in [0.15, 0.2) is 36.5 Å². The second-order valence-electron chi connectivity index (χ2n) is 5.51. The summed E-state index contributed by atoms with van der Waals surface area (Å²) >= 11 is 0. The van der Waals surface area contributed by atoms with Crippen molar-refractivity contribution in [1.29, 1.82) is 0 Å². The Bertz CT molecular complexity index is 711. The van der Waals surface area contributed by atoms with Crippen molar-refractivity contribution in [3.8, 4) is 0 Å². The molecule has 108 valence electrons. The molecule has 1 aliphatic rings. The zero-order chi connectivity index (χ0) is 15.0. The number of aromatic nitrogens is 1. The quantitative estimate of drug-likeness (QED) is 0.877. The molecule has 0 bridgehead atoms. The number of hydrogen-bond acceptors (Lipinski definition) is 4. The maximum atomic E-state index is 12.2. The van der Waals surface area contributed by atoms with E-state index < -0.39 is 6.04 Å². The van der Waals surface area contributed by atoms with Crippen LogP contribution in [-0.2, 0) is 9.59 Å². The lowest BCUT2D eigenvalue weighted by Gasteiger charge is -2.19. The number of likely N-dealkylation sites (tertiary alicyclic amines) is 1. The van der Waals surface area contributed by atoms with Crippen LogP contribution in [-0.4, -0.2) is 33.8 Å². The average molecular weight is 283 g/mol. The van der Waals surface area contributed by atoms with Crippen LogP contribution in [0.4, 0.5) is 5.69 Å². The van der Waals surface area contributed by atoms with Gasteiger partial charge >= 0.3 is 0 Å². The van der Waals surface area contributed by atoms with Gasteiger partial charge in [0.25, 0.3) is 5.91 Å². The van der Waals surface area contributed by atoms with Crippen LogP contribution in [0.3, 0.4) is 0 Å². The number of anilines is 1. The third-order valence-corrected chi connectivity index (χ3v) is 3.63. The van der Waals surface area contributed by atoms with E-state index in [1.54, 1.807) is 6.20 Å². The lowest BCUT2D eigenvalue weighted by Crippen LogP contribution is -2.39. The molecule has 2 heterocycles. The minimum Gasteiger partial charge on any atom is -0.372 e. The molecule has 1 aromatic heterocycles. The fourth-order valence-corrected chi connectivity index (χ4v) is 2.66. The van der Waals surface area contributed by atoms with Gasteiger partial charge in [-0.25, -0.2) is 0 Å². The van der Waals surface area contributed by atoms with Crippen molar-refractivity contribution in [2.45, 2.75) is 32.4 Å². The normalized spacial score (nSPS) is 18.8. The van der Waals surface area contributed by atoms with E-state index in [0.29, 0.717) is 0 Å². The van der Waals surface area contributed by atoms with Crippen LogP contribution >= 0.6 is 0 Å². The molecule has 1 unspecified atom stereocenters. The van der Waals surface area contributed by atoms with Gasteiger partial charge < -0.3 is 5.32 Å². The van der Waals surface area contributed by atoms with E-state index in [0.717, 1.165) is 16.6 Å². The highest BCUT2D eigenvalue weighted by Gasteiger charge is 2.39. The second-order valence-corrected chi connectivity index (χ2v) is 5.51. The molecular weight excluding hydrogens is 266 g/mol. The Morgan fingerprint density at radius 1 is 1.29 bits per heavy atom. The van der Waals surface area contributed by atoms with Gasteiger partial charge in [0.05, 0.1) is 23.8 Å². The zero-order valence-electron chi connectivity index (χ0n) is 12.0. The lowest BCUT2D eigenvalue weighted by molar-refractivity contribution is -0.140. The van der Waals surface area contributed by atoms with Crippen molar-refractivity contribution in [1.82, 2.24) is 9.88 Å². The summed E-state index contributed by atoms with van der Waals surface area (Å²) in [6, 6.07) is 9.12. The molecule has 2 amide bonds. The highest BCUT2D eigenvalue weighted by Crippen LogP contribution is 2.22. The third kappa shape index (κ3) is 2.46. The van der Waals surface area contributed by atoms with E-state index in [1.807, 2.05) is 44.2 Å². The van der Waals surface area contributed by atoms with Gasteiger partial charge in [-0.2, -0.15) is 0 Å². The van der Waals surface area contributed by atoms with Gasteiger partial charge in [0.1, 0.15) is 6.04 Å². The maximum Gasteiger partial charge on any atom is 0.252 e. The number of rotatable bonds is 3. The number of carbonyl (C=O) groups is 2. The number of pyridine rings is 1. The molecule has 21 heavy (non-hydrogen) atoms. The molecule has 1 aromatic carbocycles. The monoisotopic (exact) mass is 283 g/mol. The van der Waals surface area contributed by atoms with E-state index in [4.69, 9.17) is 0 Å². The van der Waals surface area contributed by atoms with E-state index >= 15 is 0 Å². The minimum absolute atomic E-state index is 0.105. The van der Waals surface area contributed by atoms with Crippen molar-refractivity contribution in [2.24, 2.45) is 0 Å². The predicted molar refractivity (Wildman–Crippen MR) is 80.8 cm³/mol. The molecule has 0 saturated carbocycles. The molecule has 1 aliphatic heterocycles. The molecule has 1 N–H and O–H groups in total. The number of carbonyl (C=O) groups excluding carboxylic acids is 2. The standard InChI is InChI=1S/C16H17N3O2/c1-10(2)19-15(20)8-14(16(19)21)18-12-7-11-5-3-4-6-13(11)17-9-12/h3-7,9-10,14,18H,8H2,1-2H3. The predicted octanol–water partition coefficient (Wildman–Crippen LogP) is 2.18. The smallest absolute Gasteiger partial charge is 0.252 e. The SMILES string of the molecule is CC(C)N1C(=O)CC(Nc2cnc3ccccc3c2)C1=O. The summed E-state index contributed by atoms with van der Waals surface area (Å²) < 4.78 is 0. The van der Waals surface area contributed by atoms with Gasteiger partial charge in [0.2, 0.25) is 5.91 Å². The Morgan fingerprint density at radius 3 is 2.76 bits per heavy atom. The maximum absolute atomic E-state index is 12.2. The van der Waals surface area contributed by atoms with Crippen molar-refractivity contribution in [2.75, 3.05) is 5.32 Å². The summed E-state index contributed by atoms with van der Waals surface area (Å²) in [6.07, 6.45) is 1.89. The van der Waals surface area contributed by atoms with Crippen molar-refractivity contribution < 1.29 is 9.59 Å².